The molecule has 18 heavy (non-hydrogen) atoms. The summed E-state index contributed by atoms with van der Waals surface area (Å²) >= 11 is 0. The van der Waals surface area contributed by atoms with Crippen molar-refractivity contribution in [2.45, 2.75) is 65.8 Å². The van der Waals surface area contributed by atoms with Crippen molar-refractivity contribution < 1.29 is 4.79 Å². The van der Waals surface area contributed by atoms with Crippen LogP contribution in [0.4, 0.5) is 0 Å². The minimum Gasteiger partial charge on any atom is -0.354 e. The molecule has 0 aromatic heterocycles. The summed E-state index contributed by atoms with van der Waals surface area (Å²) in [5.41, 5.74) is 6.31. The summed E-state index contributed by atoms with van der Waals surface area (Å²) in [5.74, 6) is 0.984. The van der Waals surface area contributed by atoms with Gasteiger partial charge in [-0.1, -0.05) is 40.5 Å². The molecule has 2 unspecified atom stereocenters. The van der Waals surface area contributed by atoms with Crippen molar-refractivity contribution in [2.24, 2.45) is 23.0 Å². The third-order valence-corrected chi connectivity index (χ3v) is 4.45. The minimum absolute atomic E-state index is 0.0272. The van der Waals surface area contributed by atoms with Crippen molar-refractivity contribution in [3.05, 3.63) is 0 Å². The van der Waals surface area contributed by atoms with Crippen LogP contribution >= 0.6 is 0 Å². The molecule has 3 heteroatoms. The molecule has 0 bridgehead atoms. The minimum atomic E-state index is -0.355. The number of rotatable bonds is 7. The molecule has 0 aromatic rings. The molecular formula is C15H30N2O. The summed E-state index contributed by atoms with van der Waals surface area (Å²) in [7, 11) is 0. The lowest BCUT2D eigenvalue weighted by Crippen LogP contribution is -2.49. The number of hydrogen-bond donors (Lipinski definition) is 2. The summed E-state index contributed by atoms with van der Waals surface area (Å²) in [6.07, 6.45) is 5.98. The topological polar surface area (TPSA) is 55.1 Å². The van der Waals surface area contributed by atoms with Crippen LogP contribution in [0.3, 0.4) is 0 Å². The molecule has 0 radical (unpaired) electrons. The Bertz CT molecular complexity index is 272. The SMILES string of the molecule is CCC(C)C(N)C(=O)NCC1(CC(C)C)CCC1. The lowest BCUT2D eigenvalue weighted by atomic mass is 9.64. The van der Waals surface area contributed by atoms with E-state index in [1.165, 1.54) is 25.7 Å². The molecule has 0 aliphatic heterocycles. The smallest absolute Gasteiger partial charge is 0.237 e. The van der Waals surface area contributed by atoms with Crippen LogP contribution in [0.15, 0.2) is 0 Å². The first kappa shape index (κ1) is 15.5. The highest BCUT2D eigenvalue weighted by Crippen LogP contribution is 2.45. The van der Waals surface area contributed by atoms with Crippen molar-refractivity contribution in [3.63, 3.8) is 0 Å². The van der Waals surface area contributed by atoms with Crippen LogP contribution in [-0.4, -0.2) is 18.5 Å². The van der Waals surface area contributed by atoms with Crippen LogP contribution in [0.25, 0.3) is 0 Å². The van der Waals surface area contributed by atoms with E-state index < -0.39 is 0 Å². The molecule has 106 valence electrons. The Morgan fingerprint density at radius 2 is 1.94 bits per heavy atom. The first-order valence-electron chi connectivity index (χ1n) is 7.43. The van der Waals surface area contributed by atoms with Gasteiger partial charge in [-0.05, 0) is 36.5 Å². The zero-order valence-corrected chi connectivity index (χ0v) is 12.5. The third-order valence-electron chi connectivity index (χ3n) is 4.45. The van der Waals surface area contributed by atoms with E-state index in [9.17, 15) is 4.79 Å². The maximum atomic E-state index is 12.0. The van der Waals surface area contributed by atoms with Gasteiger partial charge in [0.2, 0.25) is 5.91 Å². The molecule has 2 atom stereocenters. The van der Waals surface area contributed by atoms with Gasteiger partial charge in [0, 0.05) is 6.54 Å². The Morgan fingerprint density at radius 1 is 1.33 bits per heavy atom. The van der Waals surface area contributed by atoms with Crippen molar-refractivity contribution >= 4 is 5.91 Å². The second kappa shape index (κ2) is 6.55. The summed E-state index contributed by atoms with van der Waals surface area (Å²) in [5, 5.41) is 3.08. The van der Waals surface area contributed by atoms with E-state index in [2.05, 4.69) is 26.1 Å². The van der Waals surface area contributed by atoms with Gasteiger partial charge in [0.25, 0.3) is 0 Å². The summed E-state index contributed by atoms with van der Waals surface area (Å²) in [4.78, 5) is 12.0. The first-order valence-corrected chi connectivity index (χ1v) is 7.43. The fourth-order valence-electron chi connectivity index (χ4n) is 2.90. The van der Waals surface area contributed by atoms with E-state index in [0.29, 0.717) is 11.3 Å². The van der Waals surface area contributed by atoms with Crippen LogP contribution in [-0.2, 0) is 4.79 Å². The van der Waals surface area contributed by atoms with E-state index in [1.54, 1.807) is 0 Å². The van der Waals surface area contributed by atoms with Gasteiger partial charge in [-0.15, -0.1) is 0 Å². The number of nitrogens with two attached hydrogens (primary N) is 1. The Hall–Kier alpha value is -0.570. The predicted octanol–water partition coefficient (Wildman–Crippen LogP) is 2.69. The number of amides is 1. The molecule has 1 aliphatic carbocycles. The summed E-state index contributed by atoms with van der Waals surface area (Å²) in [6.45, 7) is 9.44. The maximum absolute atomic E-state index is 12.0. The Morgan fingerprint density at radius 3 is 2.33 bits per heavy atom. The van der Waals surface area contributed by atoms with Crippen molar-refractivity contribution in [1.29, 1.82) is 0 Å². The lowest BCUT2D eigenvalue weighted by molar-refractivity contribution is -0.124. The highest BCUT2D eigenvalue weighted by Gasteiger charge is 2.37. The van der Waals surface area contributed by atoms with Crippen LogP contribution in [0.5, 0.6) is 0 Å². The molecular weight excluding hydrogens is 224 g/mol. The molecule has 0 saturated heterocycles. The molecule has 0 heterocycles. The molecule has 3 N–H and O–H groups in total. The molecule has 1 aliphatic rings. The predicted molar refractivity (Wildman–Crippen MR) is 76.2 cm³/mol. The number of nitrogens with one attached hydrogen (secondary N) is 1. The lowest BCUT2D eigenvalue weighted by Gasteiger charge is -2.43. The Kier molecular flexibility index (Phi) is 5.64. The average molecular weight is 254 g/mol. The molecule has 0 spiro atoms. The zero-order valence-electron chi connectivity index (χ0n) is 12.5. The van der Waals surface area contributed by atoms with Gasteiger partial charge in [-0.25, -0.2) is 0 Å². The quantitative estimate of drug-likeness (QED) is 0.734. The second-order valence-electron chi connectivity index (χ2n) is 6.58. The first-order chi connectivity index (χ1) is 8.40. The van der Waals surface area contributed by atoms with E-state index in [-0.39, 0.29) is 17.9 Å². The van der Waals surface area contributed by atoms with E-state index in [0.717, 1.165) is 13.0 Å². The standard InChI is InChI=1S/C15H30N2O/c1-5-12(4)13(16)14(18)17-10-15(7-6-8-15)9-11(2)3/h11-13H,5-10,16H2,1-4H3,(H,17,18). The van der Waals surface area contributed by atoms with E-state index in [4.69, 9.17) is 5.73 Å². The monoisotopic (exact) mass is 254 g/mol. The molecule has 0 aromatic carbocycles. The average Bonchev–Trinajstić information content (AvgIpc) is 2.29. The van der Waals surface area contributed by atoms with Gasteiger partial charge in [0.05, 0.1) is 6.04 Å². The maximum Gasteiger partial charge on any atom is 0.237 e. The third kappa shape index (κ3) is 3.98. The van der Waals surface area contributed by atoms with Crippen LogP contribution in [0.1, 0.15) is 59.8 Å². The molecule has 1 amide bonds. The summed E-state index contributed by atoms with van der Waals surface area (Å²) < 4.78 is 0. The van der Waals surface area contributed by atoms with Gasteiger partial charge in [-0.3, -0.25) is 4.79 Å². The Balaban J connectivity index is 2.41. The normalized spacial score (nSPS) is 21.2. The Labute approximate surface area is 112 Å². The van der Waals surface area contributed by atoms with Gasteiger partial charge in [0.1, 0.15) is 0 Å². The van der Waals surface area contributed by atoms with E-state index >= 15 is 0 Å². The van der Waals surface area contributed by atoms with Crippen molar-refractivity contribution in [1.82, 2.24) is 5.32 Å². The second-order valence-corrected chi connectivity index (χ2v) is 6.58. The molecule has 1 saturated carbocycles. The van der Waals surface area contributed by atoms with Gasteiger partial charge < -0.3 is 11.1 Å². The fourth-order valence-corrected chi connectivity index (χ4v) is 2.90. The van der Waals surface area contributed by atoms with Crippen molar-refractivity contribution in [3.8, 4) is 0 Å². The van der Waals surface area contributed by atoms with Crippen LogP contribution in [0.2, 0.25) is 0 Å². The fraction of sp³-hybridized carbons (Fsp3) is 0.933. The highest BCUT2D eigenvalue weighted by atomic mass is 16.2. The number of hydrogen-bond acceptors (Lipinski definition) is 2. The molecule has 1 fully saturated rings. The van der Waals surface area contributed by atoms with Gasteiger partial charge in [-0.2, -0.15) is 0 Å². The molecule has 3 nitrogen and oxygen atoms in total. The number of carbonyl (C=O) groups is 1. The van der Waals surface area contributed by atoms with Crippen molar-refractivity contribution in [2.75, 3.05) is 6.54 Å². The highest BCUT2D eigenvalue weighted by molar-refractivity contribution is 5.81. The van der Waals surface area contributed by atoms with Crippen LogP contribution in [0, 0.1) is 17.3 Å². The zero-order chi connectivity index (χ0) is 13.8. The van der Waals surface area contributed by atoms with Gasteiger partial charge in [0.15, 0.2) is 0 Å². The molecule has 1 rings (SSSR count). The van der Waals surface area contributed by atoms with E-state index in [1.807, 2.05) is 6.92 Å². The largest absolute Gasteiger partial charge is 0.354 e. The van der Waals surface area contributed by atoms with Gasteiger partial charge >= 0.3 is 0 Å². The van der Waals surface area contributed by atoms with Crippen LogP contribution < -0.4 is 11.1 Å². The summed E-state index contributed by atoms with van der Waals surface area (Å²) in [6, 6.07) is -0.355. The number of carbonyl (C=O) groups excluding carboxylic acids is 1.